The molecule has 1 aromatic rings. The van der Waals surface area contributed by atoms with Crippen molar-refractivity contribution in [3.8, 4) is 0 Å². The molecule has 4 nitrogen and oxygen atoms in total. The van der Waals surface area contributed by atoms with Gasteiger partial charge in [-0.2, -0.15) is 0 Å². The fourth-order valence-electron chi connectivity index (χ4n) is 2.30. The van der Waals surface area contributed by atoms with Gasteiger partial charge in [0.05, 0.1) is 12.6 Å². The lowest BCUT2D eigenvalue weighted by Crippen LogP contribution is -2.46. The molecule has 1 amide bonds. The van der Waals surface area contributed by atoms with Crippen LogP contribution < -0.4 is 5.32 Å². The lowest BCUT2D eigenvalue weighted by Gasteiger charge is -2.24. The third-order valence-electron chi connectivity index (χ3n) is 3.36. The predicted molar refractivity (Wildman–Crippen MR) is 72.8 cm³/mol. The molecule has 1 unspecified atom stereocenters. The van der Waals surface area contributed by atoms with Gasteiger partial charge in [0.25, 0.3) is 0 Å². The molecule has 104 valence electrons. The van der Waals surface area contributed by atoms with E-state index in [2.05, 4.69) is 5.32 Å². The van der Waals surface area contributed by atoms with Gasteiger partial charge in [0.1, 0.15) is 6.10 Å². The van der Waals surface area contributed by atoms with E-state index >= 15 is 0 Å². The number of aliphatic hydroxyl groups is 1. The molecular formula is C15H21NO3. The van der Waals surface area contributed by atoms with Gasteiger partial charge in [0.2, 0.25) is 5.91 Å². The molecule has 2 N–H and O–H groups in total. The highest BCUT2D eigenvalue weighted by molar-refractivity contribution is 5.81. The maximum atomic E-state index is 12.0. The van der Waals surface area contributed by atoms with Crippen molar-refractivity contribution in [1.82, 2.24) is 5.32 Å². The summed E-state index contributed by atoms with van der Waals surface area (Å²) in [7, 11) is 0. The van der Waals surface area contributed by atoms with Gasteiger partial charge in [-0.25, -0.2) is 0 Å². The van der Waals surface area contributed by atoms with Crippen LogP contribution in [0.4, 0.5) is 0 Å². The van der Waals surface area contributed by atoms with E-state index in [0.717, 1.165) is 24.8 Å². The minimum Gasteiger partial charge on any atom is -0.394 e. The molecular weight excluding hydrogens is 242 g/mol. The molecule has 1 fully saturated rings. The highest BCUT2D eigenvalue weighted by Gasteiger charge is 2.23. The zero-order valence-corrected chi connectivity index (χ0v) is 11.0. The molecule has 0 aromatic heterocycles. The van der Waals surface area contributed by atoms with E-state index in [1.165, 1.54) is 0 Å². The van der Waals surface area contributed by atoms with E-state index in [9.17, 15) is 9.90 Å². The van der Waals surface area contributed by atoms with Crippen molar-refractivity contribution in [2.45, 2.75) is 37.8 Å². The van der Waals surface area contributed by atoms with Crippen LogP contribution in [0.5, 0.6) is 0 Å². The monoisotopic (exact) mass is 263 g/mol. The van der Waals surface area contributed by atoms with Gasteiger partial charge < -0.3 is 15.2 Å². The second-order valence-corrected chi connectivity index (χ2v) is 4.93. The topological polar surface area (TPSA) is 58.6 Å². The Hall–Kier alpha value is -1.39. The van der Waals surface area contributed by atoms with Crippen molar-refractivity contribution in [3.05, 3.63) is 35.9 Å². The Morgan fingerprint density at radius 3 is 2.79 bits per heavy atom. The lowest BCUT2D eigenvalue weighted by molar-refractivity contribution is -0.136. The number of hydrogen-bond donors (Lipinski definition) is 2. The Balaban J connectivity index is 1.86. The van der Waals surface area contributed by atoms with Crippen molar-refractivity contribution < 1.29 is 14.6 Å². The molecule has 19 heavy (non-hydrogen) atoms. The van der Waals surface area contributed by atoms with Crippen LogP contribution in [0, 0.1) is 0 Å². The first-order valence-corrected chi connectivity index (χ1v) is 6.86. The molecule has 1 aromatic carbocycles. The van der Waals surface area contributed by atoms with E-state index in [1.54, 1.807) is 0 Å². The fraction of sp³-hybridized carbons (Fsp3) is 0.533. The number of aliphatic hydroxyl groups excluding tert-OH is 1. The average molecular weight is 263 g/mol. The zero-order chi connectivity index (χ0) is 13.5. The first kappa shape index (κ1) is 14.0. The molecule has 2 rings (SSSR count). The van der Waals surface area contributed by atoms with Crippen molar-refractivity contribution in [1.29, 1.82) is 0 Å². The van der Waals surface area contributed by atoms with Gasteiger partial charge in [0, 0.05) is 6.61 Å². The van der Waals surface area contributed by atoms with E-state index in [4.69, 9.17) is 4.74 Å². The average Bonchev–Trinajstić information content (AvgIpc) is 2.48. The summed E-state index contributed by atoms with van der Waals surface area (Å²) in [4.78, 5) is 12.0. The number of amides is 1. The maximum Gasteiger partial charge on any atom is 0.249 e. The third-order valence-corrected chi connectivity index (χ3v) is 3.36. The standard InChI is InChI=1S/C15H21NO3/c17-11-13(10-12-6-2-1-3-7-12)16-15(18)14-8-4-5-9-19-14/h1-3,6-7,13-14,17H,4-5,8-11H2,(H,16,18)/t13-,14?/m1/s1. The first-order valence-electron chi connectivity index (χ1n) is 6.86. The van der Waals surface area contributed by atoms with Crippen molar-refractivity contribution in [3.63, 3.8) is 0 Å². The summed E-state index contributed by atoms with van der Waals surface area (Å²) >= 11 is 0. The zero-order valence-electron chi connectivity index (χ0n) is 11.0. The maximum absolute atomic E-state index is 12.0. The molecule has 0 radical (unpaired) electrons. The molecule has 1 aliphatic rings. The Labute approximate surface area is 113 Å². The molecule has 0 spiro atoms. The van der Waals surface area contributed by atoms with Gasteiger partial charge in [-0.3, -0.25) is 4.79 Å². The second-order valence-electron chi connectivity index (χ2n) is 4.93. The van der Waals surface area contributed by atoms with Crippen LogP contribution in [0.3, 0.4) is 0 Å². The van der Waals surface area contributed by atoms with E-state index in [-0.39, 0.29) is 24.7 Å². The predicted octanol–water partition coefficient (Wildman–Crippen LogP) is 1.28. The molecule has 0 aliphatic carbocycles. The molecule has 0 bridgehead atoms. The number of carbonyl (C=O) groups excluding carboxylic acids is 1. The summed E-state index contributed by atoms with van der Waals surface area (Å²) in [5.41, 5.74) is 1.10. The second kappa shape index (κ2) is 7.26. The SMILES string of the molecule is O=C(N[C@@H](CO)Cc1ccccc1)C1CCCCO1. The fourth-order valence-corrected chi connectivity index (χ4v) is 2.30. The van der Waals surface area contributed by atoms with Crippen LogP contribution in [0.15, 0.2) is 30.3 Å². The van der Waals surface area contributed by atoms with Crippen molar-refractivity contribution in [2.24, 2.45) is 0 Å². The van der Waals surface area contributed by atoms with Crippen molar-refractivity contribution >= 4 is 5.91 Å². The molecule has 4 heteroatoms. The minimum atomic E-state index is -0.349. The number of rotatable bonds is 5. The van der Waals surface area contributed by atoms with Crippen LogP contribution in [0.1, 0.15) is 24.8 Å². The Kier molecular flexibility index (Phi) is 5.36. The molecule has 2 atom stereocenters. The molecule has 1 heterocycles. The van der Waals surface area contributed by atoms with Gasteiger partial charge in [-0.1, -0.05) is 30.3 Å². The summed E-state index contributed by atoms with van der Waals surface area (Å²) in [5, 5.41) is 12.3. The number of ether oxygens (including phenoxy) is 1. The van der Waals surface area contributed by atoms with Gasteiger partial charge >= 0.3 is 0 Å². The summed E-state index contributed by atoms with van der Waals surface area (Å²) in [5.74, 6) is -0.102. The molecule has 0 saturated carbocycles. The summed E-state index contributed by atoms with van der Waals surface area (Å²) in [6, 6.07) is 9.59. The van der Waals surface area contributed by atoms with E-state index < -0.39 is 0 Å². The van der Waals surface area contributed by atoms with Crippen molar-refractivity contribution in [2.75, 3.05) is 13.2 Å². The van der Waals surface area contributed by atoms with Crippen LogP contribution in [-0.4, -0.2) is 36.4 Å². The van der Waals surface area contributed by atoms with Crippen LogP contribution in [-0.2, 0) is 16.0 Å². The third kappa shape index (κ3) is 4.33. The number of nitrogens with one attached hydrogen (secondary N) is 1. The normalized spacial score (nSPS) is 20.8. The highest BCUT2D eigenvalue weighted by Crippen LogP contribution is 2.13. The Morgan fingerprint density at radius 2 is 2.16 bits per heavy atom. The van der Waals surface area contributed by atoms with E-state index in [0.29, 0.717) is 13.0 Å². The Bertz CT molecular complexity index is 388. The van der Waals surface area contributed by atoms with Gasteiger partial charge in [-0.05, 0) is 31.2 Å². The van der Waals surface area contributed by atoms with Crippen LogP contribution in [0.2, 0.25) is 0 Å². The first-order chi connectivity index (χ1) is 9.29. The van der Waals surface area contributed by atoms with E-state index in [1.807, 2.05) is 30.3 Å². The van der Waals surface area contributed by atoms with Gasteiger partial charge in [0.15, 0.2) is 0 Å². The molecule has 1 aliphatic heterocycles. The van der Waals surface area contributed by atoms with Crippen LogP contribution >= 0.6 is 0 Å². The molecule has 1 saturated heterocycles. The minimum absolute atomic E-state index is 0.0621. The lowest BCUT2D eigenvalue weighted by atomic mass is 10.0. The number of hydrogen-bond acceptors (Lipinski definition) is 3. The quantitative estimate of drug-likeness (QED) is 0.841. The summed E-state index contributed by atoms with van der Waals surface area (Å²) < 4.78 is 5.44. The Morgan fingerprint density at radius 1 is 1.37 bits per heavy atom. The summed E-state index contributed by atoms with van der Waals surface area (Å²) in [6.45, 7) is 0.591. The highest BCUT2D eigenvalue weighted by atomic mass is 16.5. The van der Waals surface area contributed by atoms with Crippen LogP contribution in [0.25, 0.3) is 0 Å². The number of carbonyl (C=O) groups is 1. The van der Waals surface area contributed by atoms with Gasteiger partial charge in [-0.15, -0.1) is 0 Å². The smallest absolute Gasteiger partial charge is 0.249 e. The summed E-state index contributed by atoms with van der Waals surface area (Å²) in [6.07, 6.45) is 3.11. The number of benzene rings is 1. The largest absolute Gasteiger partial charge is 0.394 e.